The van der Waals surface area contributed by atoms with Crippen molar-refractivity contribution in [2.24, 2.45) is 5.92 Å². The van der Waals surface area contributed by atoms with Crippen LogP contribution in [0.4, 0.5) is 27.8 Å². The Hall–Kier alpha value is -7.70. The molecule has 18 nitrogen and oxygen atoms in total. The second-order valence-corrected chi connectivity index (χ2v) is 27.5. The number of nitrogens with zero attached hydrogens (tertiary/aromatic N) is 11. The second kappa shape index (κ2) is 42.9. The molecule has 3 N–H and O–H groups in total. The first-order valence-electron chi connectivity index (χ1n) is 36.6. The number of nitrogens with one attached hydrogen (secondary N) is 3. The van der Waals surface area contributed by atoms with Crippen LogP contribution in [0.3, 0.4) is 0 Å². The van der Waals surface area contributed by atoms with Gasteiger partial charge < -0.3 is 43.4 Å². The van der Waals surface area contributed by atoms with E-state index in [0.717, 1.165) is 181 Å². The summed E-state index contributed by atoms with van der Waals surface area (Å²) >= 11 is 0. The molecule has 1 saturated heterocycles. The monoisotopic (exact) mass is 1430 g/mol. The predicted octanol–water partition coefficient (Wildman–Crippen LogP) is 18.6. The number of benzene rings is 3. The van der Waals surface area contributed by atoms with Gasteiger partial charge in [0.25, 0.3) is 5.92 Å². The highest BCUT2D eigenvalue weighted by Gasteiger charge is 2.35. The molecule has 23 heteroatoms. The number of halogens is 5. The summed E-state index contributed by atoms with van der Waals surface area (Å²) in [6.45, 7) is 20.4. The quantitative estimate of drug-likeness (QED) is 0.0253. The highest BCUT2D eigenvalue weighted by molar-refractivity contribution is 5.67. The van der Waals surface area contributed by atoms with Gasteiger partial charge in [-0.15, -0.1) is 0 Å². The van der Waals surface area contributed by atoms with Gasteiger partial charge in [0.15, 0.2) is 0 Å². The molecule has 11 rings (SSSR count). The Morgan fingerprint density at radius 1 is 0.544 bits per heavy atom. The number of methoxy groups -OCH3 is 1. The van der Waals surface area contributed by atoms with Crippen molar-refractivity contribution in [3.05, 3.63) is 143 Å². The van der Waals surface area contributed by atoms with Crippen molar-refractivity contribution < 1.29 is 40.9 Å². The maximum Gasteiger partial charge on any atom is 0.419 e. The van der Waals surface area contributed by atoms with Crippen LogP contribution < -0.4 is 19.1 Å². The molecular formula is C80H119F5N14O4. The van der Waals surface area contributed by atoms with Gasteiger partial charge in [0.1, 0.15) is 29.7 Å². The molecule has 0 bridgehead atoms. The van der Waals surface area contributed by atoms with Crippen molar-refractivity contribution in [3.63, 3.8) is 0 Å². The zero-order valence-corrected chi connectivity index (χ0v) is 61.5. The fourth-order valence-corrected chi connectivity index (χ4v) is 12.3. The fourth-order valence-electron chi connectivity index (χ4n) is 12.3. The van der Waals surface area contributed by atoms with E-state index in [1.54, 1.807) is 24.5 Å². The zero-order valence-electron chi connectivity index (χ0n) is 61.5. The van der Waals surface area contributed by atoms with Gasteiger partial charge in [-0.3, -0.25) is 15.3 Å². The van der Waals surface area contributed by atoms with Crippen molar-refractivity contribution in [3.8, 4) is 56.7 Å². The number of H-pyrrole nitrogens is 3. The lowest BCUT2D eigenvalue weighted by molar-refractivity contribution is -0.139. The number of ether oxygens (including phenoxy) is 4. The van der Waals surface area contributed by atoms with E-state index < -0.39 is 17.7 Å². The second-order valence-electron chi connectivity index (χ2n) is 27.5. The summed E-state index contributed by atoms with van der Waals surface area (Å²) in [6, 6.07) is 23.6. The van der Waals surface area contributed by atoms with Crippen LogP contribution in [0.2, 0.25) is 0 Å². The van der Waals surface area contributed by atoms with E-state index in [9.17, 15) is 22.0 Å². The molecule has 568 valence electrons. The Balaban J connectivity index is 0.000000215. The van der Waals surface area contributed by atoms with Crippen molar-refractivity contribution in [1.29, 1.82) is 0 Å². The summed E-state index contributed by atoms with van der Waals surface area (Å²) < 4.78 is 92.6. The number of rotatable bonds is 35. The molecule has 5 aromatic heterocycles. The van der Waals surface area contributed by atoms with Crippen molar-refractivity contribution in [1.82, 2.24) is 65.0 Å². The largest absolute Gasteiger partial charge is 0.493 e. The Labute approximate surface area is 610 Å². The summed E-state index contributed by atoms with van der Waals surface area (Å²) in [5.41, 5.74) is 9.27. The molecule has 3 fully saturated rings. The summed E-state index contributed by atoms with van der Waals surface area (Å²) in [4.78, 5) is 16.1. The first-order chi connectivity index (χ1) is 48.8. The van der Waals surface area contributed by atoms with Gasteiger partial charge in [-0.25, -0.2) is 18.4 Å². The van der Waals surface area contributed by atoms with E-state index in [1.807, 2.05) is 48.5 Å². The van der Waals surface area contributed by atoms with Gasteiger partial charge in [-0.05, 0) is 216 Å². The van der Waals surface area contributed by atoms with Gasteiger partial charge in [-0.1, -0.05) is 68.2 Å². The lowest BCUT2D eigenvalue weighted by Gasteiger charge is -2.19. The van der Waals surface area contributed by atoms with Crippen LogP contribution in [0.1, 0.15) is 186 Å². The topological polar surface area (TPSA) is 170 Å². The Morgan fingerprint density at radius 3 is 1.56 bits per heavy atom. The van der Waals surface area contributed by atoms with E-state index in [1.165, 1.54) is 81.9 Å². The van der Waals surface area contributed by atoms with Crippen LogP contribution in [0.5, 0.6) is 17.2 Å². The van der Waals surface area contributed by atoms with Crippen molar-refractivity contribution in [2.45, 2.75) is 197 Å². The van der Waals surface area contributed by atoms with E-state index in [4.69, 9.17) is 18.9 Å². The molecule has 2 aliphatic carbocycles. The van der Waals surface area contributed by atoms with Crippen LogP contribution >= 0.6 is 0 Å². The molecule has 103 heavy (non-hydrogen) atoms. The minimum atomic E-state index is -4.52. The van der Waals surface area contributed by atoms with Gasteiger partial charge in [0.2, 0.25) is 0 Å². The number of pyridine rings is 1. The highest BCUT2D eigenvalue weighted by Crippen LogP contribution is 2.40. The smallest absolute Gasteiger partial charge is 0.419 e. The predicted molar refractivity (Wildman–Crippen MR) is 406 cm³/mol. The molecule has 3 aromatic carbocycles. The third kappa shape index (κ3) is 27.1. The number of aromatic amines is 3. The minimum absolute atomic E-state index is 0. The van der Waals surface area contributed by atoms with Crippen LogP contribution in [-0.2, 0) is 43.0 Å². The molecule has 0 amide bonds. The molecule has 6 heterocycles. The first-order valence-corrected chi connectivity index (χ1v) is 36.6. The average Bonchev–Trinajstić information content (AvgIpc) is 1.79. The van der Waals surface area contributed by atoms with Gasteiger partial charge >= 0.3 is 6.18 Å². The van der Waals surface area contributed by atoms with E-state index in [2.05, 4.69) is 144 Å². The van der Waals surface area contributed by atoms with Gasteiger partial charge in [0, 0.05) is 105 Å². The maximum absolute atomic E-state index is 14.1. The first kappa shape index (κ1) is 84.2. The third-order valence-corrected chi connectivity index (χ3v) is 18.4. The van der Waals surface area contributed by atoms with E-state index in [0.29, 0.717) is 29.1 Å². The molecule has 0 spiro atoms. The number of anilines is 1. The Kier molecular flexibility index (Phi) is 35.1. The number of hydrogen-bond acceptors (Lipinski definition) is 14. The van der Waals surface area contributed by atoms with Crippen LogP contribution in [0.25, 0.3) is 39.5 Å². The van der Waals surface area contributed by atoms with Crippen molar-refractivity contribution in [2.75, 3.05) is 99.3 Å². The zero-order chi connectivity index (χ0) is 72.2. The number of aromatic nitrogens is 9. The lowest BCUT2D eigenvalue weighted by Crippen LogP contribution is -2.20. The molecule has 2 saturated carbocycles. The lowest BCUT2D eigenvalue weighted by atomic mass is 10.0. The Bertz CT molecular complexity index is 3630. The molecule has 1 aliphatic heterocycles. The summed E-state index contributed by atoms with van der Waals surface area (Å²) in [5, 5.41) is 25.9. The highest BCUT2D eigenvalue weighted by atomic mass is 19.4. The normalized spacial score (nSPS) is 13.9. The number of hydrogen-bond donors (Lipinski definition) is 3. The third-order valence-electron chi connectivity index (χ3n) is 18.4. The molecule has 0 unspecified atom stereocenters. The van der Waals surface area contributed by atoms with E-state index >= 15 is 0 Å². The van der Waals surface area contributed by atoms with Crippen LogP contribution in [-0.4, -0.2) is 165 Å². The summed E-state index contributed by atoms with van der Waals surface area (Å²) in [6.07, 6.45) is 23.6. The summed E-state index contributed by atoms with van der Waals surface area (Å²) in [5.74, 6) is 0.208. The number of unbranched alkanes of at least 4 members (excludes halogenated alkanes) is 4. The summed E-state index contributed by atoms with van der Waals surface area (Å²) in [7, 11) is 9.86. The number of alkyl halides is 5. The standard InChI is InChI=1S/C22H31F2N3O.C19H26F3N3O2.C19H27N3O.C18H27N5.2CH4/c1-4-5-10-27(3)15-17-14-25-26-21(17)16-11-18(22(2,23)24)13-20(12-16)28-19-8-6-7-9-19;1-4-5-8-25(2)13-15-12-23-24-18(15)14-6-7-17(27-10-9-26-3)16(11-14)19(20,21)22;1-3-4-13-21(2)14-18-11-12-20-22(18)17-7-9-19(10-8-17)23-15-16-5-6-16;1-3-4-9-22(2)14-16-13-20-21-18(16)15-7-8-17(19-12-15)23-10-5-6-11-23;;/h11-14,19H,4-10,15H2,1-3H3,(H,25,26);6-7,11-12H,4-5,8-10,13H2,1-3H3,(H,23,24);7-12,16H,3-6,13-15H2,1-2H3;7-8,12-13H,3-6,9-11,14H2,1-2H3,(H,20,21);2*1H4. The molecule has 0 atom stereocenters. The minimum Gasteiger partial charge on any atom is -0.493 e. The molecule has 0 radical (unpaired) electrons. The van der Waals surface area contributed by atoms with Gasteiger partial charge in [0.05, 0.1) is 71.9 Å². The molecule has 8 aromatic rings. The fraction of sp³-hybridized carbons (Fsp3) is 0.562. The van der Waals surface area contributed by atoms with Crippen LogP contribution in [0.15, 0.2) is 110 Å². The van der Waals surface area contributed by atoms with Crippen LogP contribution in [0, 0.1) is 5.92 Å². The van der Waals surface area contributed by atoms with Gasteiger partial charge in [-0.2, -0.15) is 33.6 Å². The molecular weight excluding hydrogens is 1320 g/mol. The average molecular weight is 1440 g/mol. The van der Waals surface area contributed by atoms with E-state index in [-0.39, 0.29) is 45.5 Å². The molecule has 3 aliphatic rings. The SMILES string of the molecule is C.C.CCCCN(C)Cc1ccnn1-c1ccc(OCC2CC2)cc1.CCCCN(C)Cc1cn[nH]c1-c1cc(OC2CCCC2)cc(C(C)(F)F)c1.CCCCN(C)Cc1cn[nH]c1-c1ccc(N2CCCC2)nc1.CCCCN(C)Cc1cn[nH]c1-c1ccc(OCCOC)c(C(F)(F)F)c1. The van der Waals surface area contributed by atoms with Crippen molar-refractivity contribution >= 4 is 5.82 Å². The Morgan fingerprint density at radius 2 is 1.07 bits per heavy atom. The maximum atomic E-state index is 14.1.